The van der Waals surface area contributed by atoms with E-state index < -0.39 is 23.4 Å². The van der Waals surface area contributed by atoms with Crippen LogP contribution in [0.2, 0.25) is 5.02 Å². The van der Waals surface area contributed by atoms with E-state index in [2.05, 4.69) is 29.2 Å². The number of benzene rings is 3. The van der Waals surface area contributed by atoms with Gasteiger partial charge in [0.15, 0.2) is 0 Å². The van der Waals surface area contributed by atoms with Crippen molar-refractivity contribution in [1.82, 2.24) is 9.80 Å². The van der Waals surface area contributed by atoms with E-state index in [1.54, 1.807) is 12.1 Å². The summed E-state index contributed by atoms with van der Waals surface area (Å²) >= 11 is 5.71. The normalized spacial score (nSPS) is 20.1. The topological polar surface area (TPSA) is 64.0 Å². The van der Waals surface area contributed by atoms with E-state index in [1.807, 2.05) is 6.07 Å². The highest BCUT2D eigenvalue weighted by Gasteiger charge is 2.42. The SMILES string of the molecule is CN(Cc1ccc(F)cc1)C(=O)O.OC1(c2ccc(Cl)c(C(F)(F)F)c2)CCN(C[C@@H]2C[C@@H]2c2ccccc2)CC1. The standard InChI is InChI=1S/C22H23ClF3NO.C9H10FNO2/c23-20-7-6-17(13-19(20)22(24,25)26)21(28)8-10-27(11-9-21)14-16-12-18(16)15-4-2-1-3-5-15;1-11(9(12)13)6-7-2-4-8(10)5-3-7/h1-7,13,16,18,28H,8-12,14H2;2-5H,6H2,1H3,(H,12,13)/t16-,18+;/m0./s1. The summed E-state index contributed by atoms with van der Waals surface area (Å²) in [5.74, 6) is 0.912. The van der Waals surface area contributed by atoms with E-state index in [4.69, 9.17) is 16.7 Å². The minimum absolute atomic E-state index is 0.273. The summed E-state index contributed by atoms with van der Waals surface area (Å²) in [5.41, 5.74) is 0.334. The van der Waals surface area contributed by atoms with Gasteiger partial charge in [0, 0.05) is 33.2 Å². The van der Waals surface area contributed by atoms with Gasteiger partial charge in [-0.3, -0.25) is 0 Å². The Kier molecular flexibility index (Phi) is 9.62. The fraction of sp³-hybridized carbons (Fsp3) is 0.387. The highest BCUT2D eigenvalue weighted by atomic mass is 35.5. The second-order valence-electron chi connectivity index (χ2n) is 10.8. The average Bonchev–Trinajstić information content (AvgIpc) is 3.71. The molecule has 220 valence electrons. The molecule has 5 nitrogen and oxygen atoms in total. The molecule has 0 bridgehead atoms. The molecule has 41 heavy (non-hydrogen) atoms. The first-order valence-corrected chi connectivity index (χ1v) is 13.8. The summed E-state index contributed by atoms with van der Waals surface area (Å²) in [6, 6.07) is 20.0. The number of nitrogens with zero attached hydrogens (tertiary/aromatic N) is 2. The van der Waals surface area contributed by atoms with Crippen molar-refractivity contribution in [2.24, 2.45) is 5.92 Å². The van der Waals surface area contributed by atoms with E-state index in [1.165, 1.54) is 43.3 Å². The zero-order valence-corrected chi connectivity index (χ0v) is 23.4. The molecular formula is C31H33ClF4N2O3. The number of alkyl halides is 3. The maximum Gasteiger partial charge on any atom is 0.417 e. The highest BCUT2D eigenvalue weighted by Crippen LogP contribution is 2.48. The van der Waals surface area contributed by atoms with Crippen molar-refractivity contribution in [3.8, 4) is 0 Å². The molecule has 2 N–H and O–H groups in total. The third kappa shape index (κ3) is 8.21. The van der Waals surface area contributed by atoms with Gasteiger partial charge in [0.1, 0.15) is 5.82 Å². The van der Waals surface area contributed by atoms with E-state index >= 15 is 0 Å². The van der Waals surface area contributed by atoms with E-state index in [0.717, 1.165) is 23.1 Å². The average molecular weight is 593 g/mol. The van der Waals surface area contributed by atoms with Crippen LogP contribution in [0.25, 0.3) is 0 Å². The van der Waals surface area contributed by atoms with Crippen molar-refractivity contribution >= 4 is 17.7 Å². The molecule has 1 saturated heterocycles. The number of halogens is 5. The van der Waals surface area contributed by atoms with Gasteiger partial charge in [0.2, 0.25) is 0 Å². The zero-order chi connectivity index (χ0) is 29.8. The van der Waals surface area contributed by atoms with Crippen LogP contribution in [0.15, 0.2) is 72.8 Å². The van der Waals surface area contributed by atoms with Gasteiger partial charge in [-0.1, -0.05) is 60.1 Å². The van der Waals surface area contributed by atoms with Crippen LogP contribution in [0.1, 0.15) is 47.4 Å². The molecule has 0 unspecified atom stereocenters. The molecule has 1 aliphatic heterocycles. The second-order valence-corrected chi connectivity index (χ2v) is 11.2. The molecular weight excluding hydrogens is 560 g/mol. The number of carboxylic acid groups (broad SMARTS) is 1. The minimum Gasteiger partial charge on any atom is -0.465 e. The Bertz CT molecular complexity index is 1310. The number of piperidine rings is 1. The number of amides is 1. The maximum absolute atomic E-state index is 13.1. The molecule has 1 saturated carbocycles. The molecule has 10 heteroatoms. The fourth-order valence-corrected chi connectivity index (χ4v) is 5.47. The zero-order valence-electron chi connectivity index (χ0n) is 22.6. The van der Waals surface area contributed by atoms with Gasteiger partial charge >= 0.3 is 12.3 Å². The Labute approximate surface area is 242 Å². The third-order valence-electron chi connectivity index (χ3n) is 7.79. The largest absolute Gasteiger partial charge is 0.465 e. The summed E-state index contributed by atoms with van der Waals surface area (Å²) in [4.78, 5) is 13.9. The number of hydrogen-bond donors (Lipinski definition) is 2. The Morgan fingerprint density at radius 2 is 1.68 bits per heavy atom. The molecule has 3 aromatic carbocycles. The van der Waals surface area contributed by atoms with Crippen molar-refractivity contribution in [3.05, 3.63) is 106 Å². The van der Waals surface area contributed by atoms with Crippen LogP contribution in [0.3, 0.4) is 0 Å². The highest BCUT2D eigenvalue weighted by molar-refractivity contribution is 6.31. The monoisotopic (exact) mass is 592 g/mol. The van der Waals surface area contributed by atoms with Gasteiger partial charge < -0.3 is 20.0 Å². The van der Waals surface area contributed by atoms with Gasteiger partial charge in [-0.05, 0) is 72.1 Å². The predicted molar refractivity (Wildman–Crippen MR) is 149 cm³/mol. The smallest absolute Gasteiger partial charge is 0.417 e. The Morgan fingerprint density at radius 3 is 2.27 bits per heavy atom. The van der Waals surface area contributed by atoms with Crippen molar-refractivity contribution in [2.45, 2.75) is 43.5 Å². The molecule has 2 fully saturated rings. The van der Waals surface area contributed by atoms with Crippen LogP contribution in [0.4, 0.5) is 22.4 Å². The van der Waals surface area contributed by atoms with Crippen molar-refractivity contribution in [1.29, 1.82) is 0 Å². The van der Waals surface area contributed by atoms with Gasteiger partial charge in [0.05, 0.1) is 16.2 Å². The van der Waals surface area contributed by atoms with Gasteiger partial charge in [-0.15, -0.1) is 0 Å². The van der Waals surface area contributed by atoms with Crippen molar-refractivity contribution < 1.29 is 32.6 Å². The Hall–Kier alpha value is -3.14. The lowest BCUT2D eigenvalue weighted by molar-refractivity contribution is -0.137. The lowest BCUT2D eigenvalue weighted by Gasteiger charge is -2.39. The summed E-state index contributed by atoms with van der Waals surface area (Å²) in [7, 11) is 1.46. The molecule has 1 amide bonds. The Morgan fingerprint density at radius 1 is 1.05 bits per heavy atom. The lowest BCUT2D eigenvalue weighted by Crippen LogP contribution is -2.43. The first-order chi connectivity index (χ1) is 19.4. The maximum atomic E-state index is 13.1. The van der Waals surface area contributed by atoms with Crippen LogP contribution >= 0.6 is 11.6 Å². The molecule has 1 heterocycles. The van der Waals surface area contributed by atoms with E-state index in [0.29, 0.717) is 43.3 Å². The predicted octanol–water partition coefficient (Wildman–Crippen LogP) is 7.38. The molecule has 0 radical (unpaired) electrons. The molecule has 0 aromatic heterocycles. The first kappa shape index (κ1) is 30.8. The second kappa shape index (κ2) is 12.8. The van der Waals surface area contributed by atoms with Crippen molar-refractivity contribution in [3.63, 3.8) is 0 Å². The van der Waals surface area contributed by atoms with Crippen LogP contribution in [0, 0.1) is 11.7 Å². The molecule has 2 atom stereocenters. The summed E-state index contributed by atoms with van der Waals surface area (Å²) in [6.07, 6.45) is -3.49. The quantitative estimate of drug-likeness (QED) is 0.293. The molecule has 0 spiro atoms. The molecule has 2 aliphatic rings. The summed E-state index contributed by atoms with van der Waals surface area (Å²) in [6.45, 7) is 2.61. The number of aliphatic hydroxyl groups is 1. The summed E-state index contributed by atoms with van der Waals surface area (Å²) in [5, 5.41) is 19.2. The van der Waals surface area contributed by atoms with Gasteiger partial charge in [-0.2, -0.15) is 13.2 Å². The number of likely N-dealkylation sites (tertiary alicyclic amines) is 1. The Balaban J connectivity index is 0.000000251. The van der Waals surface area contributed by atoms with Crippen LogP contribution in [0.5, 0.6) is 0 Å². The van der Waals surface area contributed by atoms with Crippen molar-refractivity contribution in [2.75, 3.05) is 26.7 Å². The number of rotatable bonds is 6. The number of hydrogen-bond acceptors (Lipinski definition) is 3. The molecule has 5 rings (SSSR count). The first-order valence-electron chi connectivity index (χ1n) is 13.4. The number of carbonyl (C=O) groups is 1. The molecule has 3 aromatic rings. The minimum atomic E-state index is -4.53. The van der Waals surface area contributed by atoms with Crippen LogP contribution in [-0.4, -0.2) is 52.8 Å². The fourth-order valence-electron chi connectivity index (χ4n) is 5.25. The van der Waals surface area contributed by atoms with Crippen LogP contribution < -0.4 is 0 Å². The van der Waals surface area contributed by atoms with Gasteiger partial charge in [-0.25, -0.2) is 9.18 Å². The van der Waals surface area contributed by atoms with E-state index in [9.17, 15) is 27.5 Å². The lowest BCUT2D eigenvalue weighted by atomic mass is 9.83. The van der Waals surface area contributed by atoms with E-state index in [-0.39, 0.29) is 17.4 Å². The third-order valence-corrected chi connectivity index (χ3v) is 8.12. The van der Waals surface area contributed by atoms with Gasteiger partial charge in [0.25, 0.3) is 0 Å². The molecule has 1 aliphatic carbocycles. The van der Waals surface area contributed by atoms with Crippen LogP contribution in [-0.2, 0) is 18.3 Å². The summed E-state index contributed by atoms with van der Waals surface area (Å²) < 4.78 is 51.9.